The Labute approximate surface area is 162 Å². The third-order valence-electron chi connectivity index (χ3n) is 4.67. The number of rotatable bonds is 5. The molecule has 27 heavy (non-hydrogen) atoms. The molecule has 1 aliphatic rings. The first-order valence-corrected chi connectivity index (χ1v) is 9.71. The van der Waals surface area contributed by atoms with E-state index < -0.39 is 5.76 Å². The molecule has 1 fully saturated rings. The second kappa shape index (κ2) is 8.71. The molecule has 1 aliphatic heterocycles. The van der Waals surface area contributed by atoms with E-state index in [1.807, 2.05) is 19.1 Å². The number of thioether (sulfide) groups is 1. The SMILES string of the molecule is Cc1cc(N2CCN(C)CC2)ccc1NC(=O)c1ccc(SC(F)F)cc1. The van der Waals surface area contributed by atoms with Gasteiger partial charge in [0.25, 0.3) is 11.7 Å². The molecule has 144 valence electrons. The average molecular weight is 391 g/mol. The van der Waals surface area contributed by atoms with Crippen molar-refractivity contribution in [1.82, 2.24) is 4.90 Å². The van der Waals surface area contributed by atoms with Gasteiger partial charge in [-0.1, -0.05) is 11.8 Å². The molecular weight excluding hydrogens is 368 g/mol. The van der Waals surface area contributed by atoms with E-state index in [1.54, 1.807) is 12.1 Å². The summed E-state index contributed by atoms with van der Waals surface area (Å²) in [6, 6.07) is 12.2. The van der Waals surface area contributed by atoms with Gasteiger partial charge in [-0.3, -0.25) is 4.79 Å². The number of carbonyl (C=O) groups is 1. The molecule has 0 aliphatic carbocycles. The molecule has 1 saturated heterocycles. The van der Waals surface area contributed by atoms with Gasteiger partial charge in [0, 0.05) is 48.0 Å². The van der Waals surface area contributed by atoms with Gasteiger partial charge >= 0.3 is 0 Å². The normalized spacial score (nSPS) is 15.2. The molecule has 4 nitrogen and oxygen atoms in total. The van der Waals surface area contributed by atoms with E-state index in [4.69, 9.17) is 0 Å². The number of anilines is 2. The largest absolute Gasteiger partial charge is 0.369 e. The van der Waals surface area contributed by atoms with Gasteiger partial charge in [0.15, 0.2) is 0 Å². The molecular formula is C20H23F2N3OS. The smallest absolute Gasteiger partial charge is 0.288 e. The van der Waals surface area contributed by atoms with E-state index in [0.717, 1.165) is 43.1 Å². The molecule has 2 aromatic carbocycles. The predicted molar refractivity (Wildman–Crippen MR) is 107 cm³/mol. The zero-order chi connectivity index (χ0) is 19.4. The molecule has 0 spiro atoms. The summed E-state index contributed by atoms with van der Waals surface area (Å²) < 4.78 is 24.8. The van der Waals surface area contributed by atoms with Gasteiger partial charge in [0.05, 0.1) is 0 Å². The van der Waals surface area contributed by atoms with Crippen LogP contribution in [0.25, 0.3) is 0 Å². The van der Waals surface area contributed by atoms with Crippen LogP contribution in [0.1, 0.15) is 15.9 Å². The maximum atomic E-state index is 12.4. The van der Waals surface area contributed by atoms with Gasteiger partial charge in [-0.2, -0.15) is 8.78 Å². The Bertz CT molecular complexity index is 790. The van der Waals surface area contributed by atoms with Gasteiger partial charge in [0.2, 0.25) is 0 Å². The Kier molecular flexibility index (Phi) is 6.34. The number of hydrogen-bond donors (Lipinski definition) is 1. The van der Waals surface area contributed by atoms with Crippen LogP contribution in [0.2, 0.25) is 0 Å². The molecule has 1 heterocycles. The summed E-state index contributed by atoms with van der Waals surface area (Å²) in [6.07, 6.45) is 0. The minimum absolute atomic E-state index is 0.251. The van der Waals surface area contributed by atoms with Gasteiger partial charge in [0.1, 0.15) is 0 Å². The van der Waals surface area contributed by atoms with Crippen molar-refractivity contribution in [3.63, 3.8) is 0 Å². The van der Waals surface area contributed by atoms with Crippen LogP contribution in [0.15, 0.2) is 47.4 Å². The average Bonchev–Trinajstić information content (AvgIpc) is 2.64. The highest BCUT2D eigenvalue weighted by Gasteiger charge is 2.15. The van der Waals surface area contributed by atoms with E-state index in [9.17, 15) is 13.6 Å². The van der Waals surface area contributed by atoms with E-state index in [0.29, 0.717) is 22.2 Å². The monoisotopic (exact) mass is 391 g/mol. The van der Waals surface area contributed by atoms with Gasteiger partial charge in [-0.15, -0.1) is 0 Å². The number of alkyl halides is 2. The molecule has 0 radical (unpaired) electrons. The number of carbonyl (C=O) groups excluding carboxylic acids is 1. The van der Waals surface area contributed by atoms with E-state index >= 15 is 0 Å². The number of hydrogen-bond acceptors (Lipinski definition) is 4. The Morgan fingerprint density at radius 1 is 1.07 bits per heavy atom. The molecule has 1 amide bonds. The minimum atomic E-state index is -2.47. The Hall–Kier alpha value is -2.12. The van der Waals surface area contributed by atoms with Crippen LogP contribution >= 0.6 is 11.8 Å². The molecule has 0 unspecified atom stereocenters. The van der Waals surface area contributed by atoms with E-state index in [2.05, 4.69) is 28.2 Å². The van der Waals surface area contributed by atoms with Crippen molar-refractivity contribution in [3.8, 4) is 0 Å². The lowest BCUT2D eigenvalue weighted by atomic mass is 10.1. The molecule has 3 rings (SSSR count). The van der Waals surface area contributed by atoms with Gasteiger partial charge in [-0.05, 0) is 62.0 Å². The number of halogens is 2. The van der Waals surface area contributed by atoms with Crippen LogP contribution in [-0.4, -0.2) is 49.8 Å². The number of aryl methyl sites for hydroxylation is 1. The summed E-state index contributed by atoms with van der Waals surface area (Å²) in [7, 11) is 2.12. The fraction of sp³-hybridized carbons (Fsp3) is 0.350. The number of amides is 1. The molecule has 0 atom stereocenters. The van der Waals surface area contributed by atoms with Crippen LogP contribution in [0.3, 0.4) is 0 Å². The fourth-order valence-electron chi connectivity index (χ4n) is 3.03. The lowest BCUT2D eigenvalue weighted by Crippen LogP contribution is -2.44. The summed E-state index contributed by atoms with van der Waals surface area (Å²) in [6.45, 7) is 6.03. The summed E-state index contributed by atoms with van der Waals surface area (Å²) in [5.41, 5.74) is 3.34. The maximum absolute atomic E-state index is 12.4. The standard InChI is InChI=1S/C20H23F2N3OS/c1-14-13-16(25-11-9-24(2)10-12-25)5-8-18(14)23-19(26)15-3-6-17(7-4-15)27-20(21)22/h3-8,13,20H,9-12H2,1-2H3,(H,23,26). The van der Waals surface area contributed by atoms with E-state index in [1.165, 1.54) is 12.1 Å². The first kappa shape index (κ1) is 19.6. The highest BCUT2D eigenvalue weighted by atomic mass is 32.2. The van der Waals surface area contributed by atoms with Crippen molar-refractivity contribution in [3.05, 3.63) is 53.6 Å². The van der Waals surface area contributed by atoms with Crippen LogP contribution in [-0.2, 0) is 0 Å². The summed E-state index contributed by atoms with van der Waals surface area (Å²) in [5.74, 6) is -2.72. The first-order valence-electron chi connectivity index (χ1n) is 8.83. The molecule has 1 N–H and O–H groups in total. The van der Waals surface area contributed by atoms with Crippen molar-refractivity contribution < 1.29 is 13.6 Å². The van der Waals surface area contributed by atoms with Crippen LogP contribution < -0.4 is 10.2 Å². The minimum Gasteiger partial charge on any atom is -0.369 e. The summed E-state index contributed by atoms with van der Waals surface area (Å²) in [4.78, 5) is 17.5. The summed E-state index contributed by atoms with van der Waals surface area (Å²) in [5, 5.41) is 2.90. The Morgan fingerprint density at radius 3 is 2.33 bits per heavy atom. The van der Waals surface area contributed by atoms with Gasteiger partial charge < -0.3 is 15.1 Å². The zero-order valence-corrected chi connectivity index (χ0v) is 16.2. The zero-order valence-electron chi connectivity index (χ0n) is 15.4. The number of benzene rings is 2. The van der Waals surface area contributed by atoms with E-state index in [-0.39, 0.29) is 5.91 Å². The van der Waals surface area contributed by atoms with Crippen molar-refractivity contribution >= 4 is 29.0 Å². The second-order valence-corrected chi connectivity index (χ2v) is 7.71. The second-order valence-electron chi connectivity index (χ2n) is 6.65. The lowest BCUT2D eigenvalue weighted by molar-refractivity contribution is 0.102. The van der Waals surface area contributed by atoms with Crippen LogP contribution in [0, 0.1) is 6.92 Å². The van der Waals surface area contributed by atoms with Crippen LogP contribution in [0.4, 0.5) is 20.2 Å². The Morgan fingerprint density at radius 2 is 1.74 bits per heavy atom. The van der Waals surface area contributed by atoms with Crippen LogP contribution in [0.5, 0.6) is 0 Å². The van der Waals surface area contributed by atoms with Crippen molar-refractivity contribution in [1.29, 1.82) is 0 Å². The fourth-order valence-corrected chi connectivity index (χ4v) is 3.53. The summed E-state index contributed by atoms with van der Waals surface area (Å²) >= 11 is 0.468. The molecule has 2 aromatic rings. The molecule has 0 saturated carbocycles. The molecule has 0 bridgehead atoms. The number of nitrogens with one attached hydrogen (secondary N) is 1. The Balaban J connectivity index is 1.65. The lowest BCUT2D eigenvalue weighted by Gasteiger charge is -2.34. The highest BCUT2D eigenvalue weighted by Crippen LogP contribution is 2.26. The quantitative estimate of drug-likeness (QED) is 0.771. The van der Waals surface area contributed by atoms with Crippen molar-refractivity contribution in [2.24, 2.45) is 0 Å². The predicted octanol–water partition coefficient (Wildman–Crippen LogP) is 4.31. The third-order valence-corrected chi connectivity index (χ3v) is 5.39. The van der Waals surface area contributed by atoms with Crippen molar-refractivity contribution in [2.45, 2.75) is 17.6 Å². The van der Waals surface area contributed by atoms with Gasteiger partial charge in [-0.25, -0.2) is 0 Å². The number of likely N-dealkylation sites (N-methyl/N-ethyl adjacent to an activating group) is 1. The van der Waals surface area contributed by atoms with Crippen molar-refractivity contribution in [2.75, 3.05) is 43.4 Å². The molecule has 7 heteroatoms. The first-order chi connectivity index (χ1) is 12.9. The topological polar surface area (TPSA) is 35.6 Å². The highest BCUT2D eigenvalue weighted by molar-refractivity contribution is 7.99. The molecule has 0 aromatic heterocycles. The third kappa shape index (κ3) is 5.20. The maximum Gasteiger partial charge on any atom is 0.288 e. The number of piperazine rings is 1. The number of nitrogens with zero attached hydrogens (tertiary/aromatic N) is 2.